The molecule has 0 spiro atoms. The highest BCUT2D eigenvalue weighted by atomic mass is 16.5. The lowest BCUT2D eigenvalue weighted by molar-refractivity contribution is -0.0824. The number of methoxy groups -OCH3 is 1. The van der Waals surface area contributed by atoms with Gasteiger partial charge in [-0.25, -0.2) is 0 Å². The van der Waals surface area contributed by atoms with Crippen LogP contribution in [0.4, 0.5) is 0 Å². The second-order valence-electron chi connectivity index (χ2n) is 7.40. The van der Waals surface area contributed by atoms with E-state index in [0.717, 1.165) is 25.0 Å². The van der Waals surface area contributed by atoms with Crippen molar-refractivity contribution in [1.82, 2.24) is 4.90 Å². The van der Waals surface area contributed by atoms with Gasteiger partial charge in [0.2, 0.25) is 0 Å². The molecule has 1 N–H and O–H groups in total. The Labute approximate surface area is 159 Å². The standard InChI is InChI=1S/C22H25NO4/c1-26-22-11-10-17(24)15-20(22)23(13-12-22)21(25)16-6-5-9-19(14-16)27-18-7-3-2-4-8-18/h2-9,14,17,20,24H,10-13,15H2,1H3/t17-,20-,22+/m0/s1. The number of benzene rings is 2. The number of rotatable bonds is 4. The van der Waals surface area contributed by atoms with Crippen molar-refractivity contribution in [2.45, 2.75) is 43.4 Å². The topological polar surface area (TPSA) is 59.0 Å². The Bertz CT molecular complexity index is 809. The first-order chi connectivity index (χ1) is 13.1. The highest BCUT2D eigenvalue weighted by Gasteiger charge is 2.52. The molecular formula is C22H25NO4. The lowest BCUT2D eigenvalue weighted by Gasteiger charge is -2.42. The molecule has 2 fully saturated rings. The molecule has 5 heteroatoms. The van der Waals surface area contributed by atoms with E-state index < -0.39 is 0 Å². The first-order valence-corrected chi connectivity index (χ1v) is 9.48. The second kappa shape index (κ2) is 7.33. The third kappa shape index (κ3) is 3.45. The summed E-state index contributed by atoms with van der Waals surface area (Å²) in [5, 5.41) is 10.1. The van der Waals surface area contributed by atoms with Gasteiger partial charge < -0.3 is 19.5 Å². The summed E-state index contributed by atoms with van der Waals surface area (Å²) in [6, 6.07) is 16.7. The molecule has 3 atom stereocenters. The third-order valence-electron chi connectivity index (χ3n) is 5.88. The Balaban J connectivity index is 1.55. The Morgan fingerprint density at radius 2 is 1.89 bits per heavy atom. The Morgan fingerprint density at radius 1 is 1.11 bits per heavy atom. The van der Waals surface area contributed by atoms with Crippen LogP contribution in [0.2, 0.25) is 0 Å². The summed E-state index contributed by atoms with van der Waals surface area (Å²) in [6.45, 7) is 0.647. The summed E-state index contributed by atoms with van der Waals surface area (Å²) < 4.78 is 11.7. The minimum Gasteiger partial charge on any atom is -0.457 e. The summed E-state index contributed by atoms with van der Waals surface area (Å²) in [7, 11) is 1.72. The number of hydrogen-bond donors (Lipinski definition) is 1. The van der Waals surface area contributed by atoms with Crippen LogP contribution in [0.15, 0.2) is 54.6 Å². The molecule has 1 saturated carbocycles. The molecule has 2 aliphatic rings. The Kier molecular flexibility index (Phi) is 4.89. The average Bonchev–Trinajstić information content (AvgIpc) is 3.07. The number of carbonyl (C=O) groups excluding carboxylic acids is 1. The number of likely N-dealkylation sites (tertiary alicyclic amines) is 1. The first-order valence-electron chi connectivity index (χ1n) is 9.48. The lowest BCUT2D eigenvalue weighted by Crippen LogP contribution is -2.52. The van der Waals surface area contributed by atoms with Crippen molar-refractivity contribution in [3.8, 4) is 11.5 Å². The third-order valence-corrected chi connectivity index (χ3v) is 5.88. The molecule has 1 aliphatic heterocycles. The molecule has 5 nitrogen and oxygen atoms in total. The van der Waals surface area contributed by atoms with Crippen LogP contribution in [0.1, 0.15) is 36.0 Å². The number of nitrogens with zero attached hydrogens (tertiary/aromatic N) is 1. The zero-order chi connectivity index (χ0) is 18.9. The summed E-state index contributed by atoms with van der Waals surface area (Å²) in [5.41, 5.74) is 0.267. The van der Waals surface area contributed by atoms with Crippen LogP contribution in [0, 0.1) is 0 Å². The van der Waals surface area contributed by atoms with Gasteiger partial charge in [0.25, 0.3) is 5.91 Å². The summed E-state index contributed by atoms with van der Waals surface area (Å²) in [6.07, 6.45) is 2.52. The number of ether oxygens (including phenoxy) is 2. The molecule has 0 unspecified atom stereocenters. The number of hydrogen-bond acceptors (Lipinski definition) is 4. The first kappa shape index (κ1) is 18.0. The second-order valence-corrected chi connectivity index (χ2v) is 7.40. The van der Waals surface area contributed by atoms with Gasteiger partial charge in [0.05, 0.1) is 17.7 Å². The van der Waals surface area contributed by atoms with Gasteiger partial charge >= 0.3 is 0 Å². The zero-order valence-electron chi connectivity index (χ0n) is 15.5. The Hall–Kier alpha value is -2.37. The number of fused-ring (bicyclic) bond motifs is 1. The number of amides is 1. The highest BCUT2D eigenvalue weighted by molar-refractivity contribution is 5.95. The molecule has 1 heterocycles. The molecule has 2 aromatic carbocycles. The normalized spacial score (nSPS) is 27.3. The smallest absolute Gasteiger partial charge is 0.254 e. The van der Waals surface area contributed by atoms with Crippen LogP contribution in [0.25, 0.3) is 0 Å². The van der Waals surface area contributed by atoms with E-state index in [-0.39, 0.29) is 23.7 Å². The maximum atomic E-state index is 13.2. The van der Waals surface area contributed by atoms with Crippen LogP contribution < -0.4 is 4.74 Å². The van der Waals surface area contributed by atoms with Gasteiger partial charge in [-0.05, 0) is 56.0 Å². The van der Waals surface area contributed by atoms with Crippen LogP contribution >= 0.6 is 0 Å². The van der Waals surface area contributed by atoms with Crippen molar-refractivity contribution in [2.24, 2.45) is 0 Å². The van der Waals surface area contributed by atoms with E-state index in [1.165, 1.54) is 0 Å². The van der Waals surface area contributed by atoms with Crippen molar-refractivity contribution in [2.75, 3.05) is 13.7 Å². The Morgan fingerprint density at radius 3 is 2.67 bits per heavy atom. The summed E-state index contributed by atoms with van der Waals surface area (Å²) in [4.78, 5) is 15.1. The molecule has 0 bridgehead atoms. The molecule has 1 aliphatic carbocycles. The molecule has 1 amide bonds. The number of aliphatic hydroxyl groups excluding tert-OH is 1. The molecule has 2 aromatic rings. The lowest BCUT2D eigenvalue weighted by atomic mass is 9.79. The van der Waals surface area contributed by atoms with E-state index >= 15 is 0 Å². The predicted molar refractivity (Wildman–Crippen MR) is 102 cm³/mol. The van der Waals surface area contributed by atoms with E-state index in [0.29, 0.717) is 24.3 Å². The quantitative estimate of drug-likeness (QED) is 0.897. The maximum Gasteiger partial charge on any atom is 0.254 e. The summed E-state index contributed by atoms with van der Waals surface area (Å²) >= 11 is 0. The minimum absolute atomic E-state index is 0.0356. The minimum atomic E-state index is -0.376. The van der Waals surface area contributed by atoms with E-state index in [1.54, 1.807) is 13.2 Å². The van der Waals surface area contributed by atoms with Gasteiger partial charge in [-0.2, -0.15) is 0 Å². The van der Waals surface area contributed by atoms with Gasteiger partial charge in [0.15, 0.2) is 0 Å². The summed E-state index contributed by atoms with van der Waals surface area (Å²) in [5.74, 6) is 1.33. The van der Waals surface area contributed by atoms with Gasteiger partial charge in [-0.3, -0.25) is 4.79 Å². The zero-order valence-corrected chi connectivity index (χ0v) is 15.5. The predicted octanol–water partition coefficient (Wildman–Crippen LogP) is 3.62. The van der Waals surface area contributed by atoms with Crippen molar-refractivity contribution >= 4 is 5.91 Å². The monoisotopic (exact) mass is 367 g/mol. The van der Waals surface area contributed by atoms with Crippen LogP contribution in [-0.2, 0) is 4.74 Å². The van der Waals surface area contributed by atoms with Gasteiger partial charge in [0.1, 0.15) is 11.5 Å². The van der Waals surface area contributed by atoms with Crippen molar-refractivity contribution in [1.29, 1.82) is 0 Å². The van der Waals surface area contributed by atoms with E-state index in [9.17, 15) is 9.90 Å². The van der Waals surface area contributed by atoms with Crippen LogP contribution in [-0.4, -0.2) is 47.3 Å². The SMILES string of the molecule is CO[C@@]12CC[C@H](O)C[C@@H]1N(C(=O)c1cccc(Oc3ccccc3)c1)CC2. The fourth-order valence-electron chi connectivity index (χ4n) is 4.40. The van der Waals surface area contributed by atoms with Crippen molar-refractivity contribution in [3.63, 3.8) is 0 Å². The largest absolute Gasteiger partial charge is 0.457 e. The van der Waals surface area contributed by atoms with Gasteiger partial charge in [-0.1, -0.05) is 24.3 Å². The molecule has 0 aromatic heterocycles. The molecule has 27 heavy (non-hydrogen) atoms. The van der Waals surface area contributed by atoms with Crippen molar-refractivity contribution in [3.05, 3.63) is 60.2 Å². The molecule has 142 valence electrons. The fourth-order valence-corrected chi connectivity index (χ4v) is 4.40. The van der Waals surface area contributed by atoms with E-state index in [4.69, 9.17) is 9.47 Å². The fraction of sp³-hybridized carbons (Fsp3) is 0.409. The van der Waals surface area contributed by atoms with E-state index in [2.05, 4.69) is 0 Å². The van der Waals surface area contributed by atoms with Crippen molar-refractivity contribution < 1.29 is 19.4 Å². The molecular weight excluding hydrogens is 342 g/mol. The highest BCUT2D eigenvalue weighted by Crippen LogP contribution is 2.43. The van der Waals surface area contributed by atoms with Gasteiger partial charge in [-0.15, -0.1) is 0 Å². The molecule has 1 saturated heterocycles. The molecule has 0 radical (unpaired) electrons. The number of carbonyl (C=O) groups is 1. The van der Waals surface area contributed by atoms with Crippen LogP contribution in [0.5, 0.6) is 11.5 Å². The maximum absolute atomic E-state index is 13.2. The van der Waals surface area contributed by atoms with Crippen LogP contribution in [0.3, 0.4) is 0 Å². The number of aliphatic hydroxyl groups is 1. The average molecular weight is 367 g/mol. The van der Waals surface area contributed by atoms with E-state index in [1.807, 2.05) is 53.4 Å². The number of para-hydroxylation sites is 1. The molecule has 4 rings (SSSR count). The van der Waals surface area contributed by atoms with Gasteiger partial charge in [0, 0.05) is 19.2 Å².